The zero-order chi connectivity index (χ0) is 28.4. The maximum absolute atomic E-state index is 14.7. The normalized spacial score (nSPS) is 15.6. The van der Waals surface area contributed by atoms with Gasteiger partial charge >= 0.3 is 5.97 Å². The van der Waals surface area contributed by atoms with Crippen molar-refractivity contribution in [3.63, 3.8) is 0 Å². The lowest BCUT2D eigenvalue weighted by Crippen LogP contribution is -2.35. The Labute approximate surface area is 230 Å². The molecule has 2 atom stereocenters. The minimum atomic E-state index is -1.06. The van der Waals surface area contributed by atoms with Gasteiger partial charge in [0.2, 0.25) is 5.91 Å². The Balaban J connectivity index is 1.68. The Morgan fingerprint density at radius 2 is 1.73 bits per heavy atom. The minimum absolute atomic E-state index is 0.0927. The second-order valence-electron chi connectivity index (χ2n) is 10.3. The van der Waals surface area contributed by atoms with Gasteiger partial charge in [-0.15, -0.1) is 0 Å². The quantitative estimate of drug-likeness (QED) is 0.253. The summed E-state index contributed by atoms with van der Waals surface area (Å²) in [6.45, 7) is 1.73. The fraction of sp³-hybridized carbons (Fsp3) is 0.323. The molecule has 4 aromatic rings. The molecule has 1 aromatic heterocycles. The van der Waals surface area contributed by atoms with Gasteiger partial charge in [-0.25, -0.2) is 18.6 Å². The number of carbonyl (C=O) groups excluding carboxylic acids is 1. The van der Waals surface area contributed by atoms with E-state index in [0.29, 0.717) is 22.6 Å². The van der Waals surface area contributed by atoms with E-state index in [1.165, 1.54) is 19.2 Å². The van der Waals surface area contributed by atoms with Gasteiger partial charge in [-0.3, -0.25) is 4.79 Å². The first-order valence-electron chi connectivity index (χ1n) is 13.4. The molecule has 1 aliphatic carbocycles. The summed E-state index contributed by atoms with van der Waals surface area (Å²) in [4.78, 5) is 30.3. The third-order valence-electron chi connectivity index (χ3n) is 7.71. The molecule has 0 bridgehead atoms. The molecule has 0 aliphatic heterocycles. The van der Waals surface area contributed by atoms with Crippen molar-refractivity contribution in [2.24, 2.45) is 5.92 Å². The number of aromatic carboxylic acids is 1. The van der Waals surface area contributed by atoms with E-state index in [1.54, 1.807) is 17.6 Å². The molecule has 208 valence electrons. The van der Waals surface area contributed by atoms with Crippen molar-refractivity contribution in [3.8, 4) is 0 Å². The van der Waals surface area contributed by atoms with Crippen LogP contribution >= 0.6 is 0 Å². The second kappa shape index (κ2) is 11.6. The lowest BCUT2D eigenvalue weighted by Gasteiger charge is -2.33. The number of ether oxygens (including phenoxy) is 1. The van der Waals surface area contributed by atoms with Gasteiger partial charge in [-0.1, -0.05) is 49.6 Å². The lowest BCUT2D eigenvalue weighted by atomic mass is 9.83. The van der Waals surface area contributed by atoms with Gasteiger partial charge in [-0.05, 0) is 55.0 Å². The van der Waals surface area contributed by atoms with Crippen molar-refractivity contribution in [1.29, 1.82) is 0 Å². The molecule has 1 aliphatic rings. The van der Waals surface area contributed by atoms with Crippen LogP contribution in [-0.4, -0.2) is 33.6 Å². The van der Waals surface area contributed by atoms with E-state index >= 15 is 0 Å². The van der Waals surface area contributed by atoms with Gasteiger partial charge < -0.3 is 19.7 Å². The number of nitrogens with zero attached hydrogens (tertiary/aromatic N) is 2. The first-order valence-corrected chi connectivity index (χ1v) is 13.4. The minimum Gasteiger partial charge on any atom is -0.478 e. The van der Waals surface area contributed by atoms with Crippen molar-refractivity contribution < 1.29 is 28.2 Å². The van der Waals surface area contributed by atoms with Crippen molar-refractivity contribution >= 4 is 28.6 Å². The van der Waals surface area contributed by atoms with Crippen LogP contribution in [0.2, 0.25) is 0 Å². The molecule has 0 unspecified atom stereocenters. The predicted octanol–water partition coefficient (Wildman–Crippen LogP) is 6.82. The average molecular weight is 548 g/mol. The number of nitrogens with one attached hydrogen (secondary N) is 1. The molecular weight excluding hydrogens is 516 g/mol. The second-order valence-corrected chi connectivity index (χ2v) is 10.3. The number of amides is 1. The topological polar surface area (TPSA) is 93.5 Å². The summed E-state index contributed by atoms with van der Waals surface area (Å²) in [5.74, 6) is -3.17. The van der Waals surface area contributed by atoms with Crippen LogP contribution in [0.25, 0.3) is 11.0 Å². The van der Waals surface area contributed by atoms with Crippen molar-refractivity contribution in [3.05, 3.63) is 94.8 Å². The van der Waals surface area contributed by atoms with Crippen LogP contribution in [0.15, 0.2) is 60.7 Å². The van der Waals surface area contributed by atoms with Crippen LogP contribution in [0.3, 0.4) is 0 Å². The number of carbonyl (C=O) groups is 2. The standard InChI is InChI=1S/C31H31F2N3O4/c1-18-15-21(31(38)39)13-14-24(18)35-30(37)27(19-9-5-3-6-10-19)36-26-17-23(33)22(32)16-25(26)34-29(36)28(40-2)20-11-7-4-8-12-20/h4,7-8,11-17,19,27-28H,3,5-6,9-10H2,1-2H3,(H,35,37)(H,38,39)/t27-,28+/m1/s1. The van der Waals surface area contributed by atoms with E-state index in [9.17, 15) is 23.5 Å². The Hall–Kier alpha value is -4.11. The summed E-state index contributed by atoms with van der Waals surface area (Å²) in [6.07, 6.45) is 3.80. The van der Waals surface area contributed by atoms with Crippen LogP contribution in [0.5, 0.6) is 0 Å². The third-order valence-corrected chi connectivity index (χ3v) is 7.71. The van der Waals surface area contributed by atoms with E-state index < -0.39 is 29.7 Å². The fourth-order valence-corrected chi connectivity index (χ4v) is 5.74. The molecule has 40 heavy (non-hydrogen) atoms. The molecular formula is C31H31F2N3O4. The fourth-order valence-electron chi connectivity index (χ4n) is 5.74. The molecule has 0 spiro atoms. The van der Waals surface area contributed by atoms with Gasteiger partial charge in [0, 0.05) is 24.9 Å². The monoisotopic (exact) mass is 547 g/mol. The number of benzene rings is 3. The van der Waals surface area contributed by atoms with E-state index in [1.807, 2.05) is 30.3 Å². The number of carboxylic acid groups (broad SMARTS) is 1. The predicted molar refractivity (Wildman–Crippen MR) is 147 cm³/mol. The number of hydrogen-bond donors (Lipinski definition) is 2. The van der Waals surface area contributed by atoms with Crippen molar-refractivity contribution in [2.45, 2.75) is 51.2 Å². The van der Waals surface area contributed by atoms with E-state index in [2.05, 4.69) is 5.32 Å². The number of anilines is 1. The highest BCUT2D eigenvalue weighted by molar-refractivity contribution is 5.97. The van der Waals surface area contributed by atoms with Crippen molar-refractivity contribution in [2.75, 3.05) is 12.4 Å². The average Bonchev–Trinajstić information content (AvgIpc) is 3.28. The first kappa shape index (κ1) is 27.5. The van der Waals surface area contributed by atoms with E-state index in [0.717, 1.165) is 49.8 Å². The van der Waals surface area contributed by atoms with Gasteiger partial charge in [0.1, 0.15) is 18.0 Å². The van der Waals surface area contributed by atoms with Crippen LogP contribution in [-0.2, 0) is 9.53 Å². The maximum atomic E-state index is 14.7. The largest absolute Gasteiger partial charge is 0.478 e. The number of imidazole rings is 1. The number of methoxy groups -OCH3 is 1. The molecule has 1 fully saturated rings. The SMILES string of the molecule is CO[C@@H](c1ccccc1)c1nc2cc(F)c(F)cc2n1[C@@H](C(=O)Nc1ccc(C(=O)O)cc1C)C1CCCCC1. The molecule has 9 heteroatoms. The maximum Gasteiger partial charge on any atom is 0.335 e. The van der Waals surface area contributed by atoms with Gasteiger partial charge in [0.05, 0.1) is 16.6 Å². The molecule has 1 heterocycles. The first-order chi connectivity index (χ1) is 19.3. The van der Waals surface area contributed by atoms with Crippen LogP contribution in [0.1, 0.15) is 71.6 Å². The number of carboxylic acids is 1. The van der Waals surface area contributed by atoms with E-state index in [-0.39, 0.29) is 22.9 Å². The number of aromatic nitrogens is 2. The summed E-state index contributed by atoms with van der Waals surface area (Å²) in [5, 5.41) is 12.3. The molecule has 0 saturated heterocycles. The molecule has 3 aromatic carbocycles. The summed E-state index contributed by atoms with van der Waals surface area (Å²) < 4.78 is 36.6. The Morgan fingerprint density at radius 3 is 2.38 bits per heavy atom. The van der Waals surface area contributed by atoms with Gasteiger partial charge in [0.25, 0.3) is 0 Å². The smallest absolute Gasteiger partial charge is 0.335 e. The Kier molecular flexibility index (Phi) is 7.93. The highest BCUT2D eigenvalue weighted by atomic mass is 19.2. The Bertz CT molecular complexity index is 1550. The highest BCUT2D eigenvalue weighted by Crippen LogP contribution is 2.40. The van der Waals surface area contributed by atoms with Crippen LogP contribution in [0.4, 0.5) is 14.5 Å². The van der Waals surface area contributed by atoms with E-state index in [4.69, 9.17) is 9.72 Å². The molecule has 1 amide bonds. The number of fused-ring (bicyclic) bond motifs is 1. The highest BCUT2D eigenvalue weighted by Gasteiger charge is 2.36. The van der Waals surface area contributed by atoms with Gasteiger partial charge in [-0.2, -0.15) is 0 Å². The zero-order valence-corrected chi connectivity index (χ0v) is 22.4. The molecule has 1 saturated carbocycles. The molecule has 7 nitrogen and oxygen atoms in total. The zero-order valence-electron chi connectivity index (χ0n) is 22.4. The number of hydrogen-bond acceptors (Lipinski definition) is 4. The molecule has 0 radical (unpaired) electrons. The third kappa shape index (κ3) is 5.34. The summed E-state index contributed by atoms with van der Waals surface area (Å²) >= 11 is 0. The summed E-state index contributed by atoms with van der Waals surface area (Å²) in [7, 11) is 1.53. The Morgan fingerprint density at radius 1 is 1.02 bits per heavy atom. The molecule has 5 rings (SSSR count). The van der Waals surface area contributed by atoms with Crippen LogP contribution < -0.4 is 5.32 Å². The lowest BCUT2D eigenvalue weighted by molar-refractivity contribution is -0.121. The number of halogens is 2. The van der Waals surface area contributed by atoms with Gasteiger partial charge in [0.15, 0.2) is 11.6 Å². The van der Waals surface area contributed by atoms with Crippen molar-refractivity contribution in [1.82, 2.24) is 9.55 Å². The number of aryl methyl sites for hydroxylation is 1. The summed E-state index contributed by atoms with van der Waals surface area (Å²) in [6, 6.07) is 15.2. The van der Waals surface area contributed by atoms with Crippen LogP contribution in [0, 0.1) is 24.5 Å². The number of rotatable bonds is 8. The summed E-state index contributed by atoms with van der Waals surface area (Å²) in [5.41, 5.74) is 2.50. The molecule has 2 N–H and O–H groups in total.